The minimum atomic E-state index is -0.410. The molecule has 2 N–H and O–H groups in total. The molecule has 0 unspecified atom stereocenters. The van der Waals surface area contributed by atoms with Gasteiger partial charge in [0.25, 0.3) is 5.91 Å². The Hall–Kier alpha value is -2.42. The first-order chi connectivity index (χ1) is 10.1. The van der Waals surface area contributed by atoms with Crippen molar-refractivity contribution in [3.63, 3.8) is 0 Å². The summed E-state index contributed by atoms with van der Waals surface area (Å²) >= 11 is 11.0. The van der Waals surface area contributed by atoms with Crippen LogP contribution < -0.4 is 10.6 Å². The van der Waals surface area contributed by atoms with Gasteiger partial charge in [-0.1, -0.05) is 35.9 Å². The predicted octanol–water partition coefficient (Wildman–Crippen LogP) is 3.34. The van der Waals surface area contributed by atoms with Gasteiger partial charge in [-0.15, -0.1) is 0 Å². The summed E-state index contributed by atoms with van der Waals surface area (Å²) in [6.07, 6.45) is 0. The number of benzene rings is 2. The fourth-order valence-electron chi connectivity index (χ4n) is 1.66. The van der Waals surface area contributed by atoms with Crippen LogP contribution in [0.1, 0.15) is 15.9 Å². The second-order valence-electron chi connectivity index (χ2n) is 4.05. The van der Waals surface area contributed by atoms with Crippen LogP contribution in [-0.4, -0.2) is 11.0 Å². The van der Waals surface area contributed by atoms with Crippen molar-refractivity contribution < 1.29 is 4.79 Å². The zero-order valence-electron chi connectivity index (χ0n) is 10.8. The minimum Gasteiger partial charge on any atom is -0.331 e. The number of carbonyl (C=O) groups excluding carboxylic acids is 1. The Morgan fingerprint density at radius 3 is 2.52 bits per heavy atom. The molecule has 0 bridgehead atoms. The van der Waals surface area contributed by atoms with Crippen LogP contribution in [0, 0.1) is 11.3 Å². The summed E-state index contributed by atoms with van der Waals surface area (Å²) in [5, 5.41) is 14.8. The van der Waals surface area contributed by atoms with E-state index in [2.05, 4.69) is 10.6 Å². The zero-order valence-corrected chi connectivity index (χ0v) is 12.3. The standard InChI is InChI=1S/C15H10ClN3OS/c16-12-7-3-2-6-11(12)14(20)19-15(21)18-13-8-4-1-5-10(13)9-17/h1-8H,(H2,18,19,20,21). The molecule has 6 heteroatoms. The number of amides is 1. The Morgan fingerprint density at radius 2 is 1.81 bits per heavy atom. The first-order valence-electron chi connectivity index (χ1n) is 5.98. The van der Waals surface area contributed by atoms with Crippen LogP contribution >= 0.6 is 23.8 Å². The molecule has 0 radical (unpaired) electrons. The Morgan fingerprint density at radius 1 is 1.14 bits per heavy atom. The van der Waals surface area contributed by atoms with Crippen molar-refractivity contribution in [1.82, 2.24) is 5.32 Å². The van der Waals surface area contributed by atoms with E-state index in [0.29, 0.717) is 21.8 Å². The molecule has 0 saturated carbocycles. The van der Waals surface area contributed by atoms with Crippen LogP contribution in [0.3, 0.4) is 0 Å². The second-order valence-corrected chi connectivity index (χ2v) is 4.86. The largest absolute Gasteiger partial charge is 0.331 e. The number of thiocarbonyl (C=S) groups is 1. The Labute approximate surface area is 132 Å². The molecule has 0 aliphatic rings. The molecule has 4 nitrogen and oxygen atoms in total. The smallest absolute Gasteiger partial charge is 0.258 e. The Kier molecular flexibility index (Phi) is 4.88. The molecule has 0 aromatic heterocycles. The van der Waals surface area contributed by atoms with Gasteiger partial charge in [-0.2, -0.15) is 5.26 Å². The van der Waals surface area contributed by atoms with Gasteiger partial charge in [0.2, 0.25) is 0 Å². The summed E-state index contributed by atoms with van der Waals surface area (Å²) in [6.45, 7) is 0. The van der Waals surface area contributed by atoms with Crippen molar-refractivity contribution in [2.24, 2.45) is 0 Å². The average molecular weight is 316 g/mol. The molecule has 0 atom stereocenters. The highest BCUT2D eigenvalue weighted by Crippen LogP contribution is 2.15. The van der Waals surface area contributed by atoms with Crippen LogP contribution in [0.5, 0.6) is 0 Å². The number of para-hydroxylation sites is 1. The molecule has 2 aromatic rings. The van der Waals surface area contributed by atoms with Crippen LogP contribution in [0.2, 0.25) is 5.02 Å². The maximum atomic E-state index is 12.0. The summed E-state index contributed by atoms with van der Waals surface area (Å²) in [5.41, 5.74) is 1.30. The number of carbonyl (C=O) groups is 1. The molecule has 2 aromatic carbocycles. The third-order valence-electron chi connectivity index (χ3n) is 2.64. The van der Waals surface area contributed by atoms with Crippen molar-refractivity contribution in [3.8, 4) is 6.07 Å². The summed E-state index contributed by atoms with van der Waals surface area (Å²) in [5.74, 6) is -0.410. The highest BCUT2D eigenvalue weighted by Gasteiger charge is 2.11. The van der Waals surface area contributed by atoms with Crippen molar-refractivity contribution in [1.29, 1.82) is 5.26 Å². The predicted molar refractivity (Wildman–Crippen MR) is 86.3 cm³/mol. The second kappa shape index (κ2) is 6.84. The van der Waals surface area contributed by atoms with Crippen molar-refractivity contribution in [2.75, 3.05) is 5.32 Å². The van der Waals surface area contributed by atoms with E-state index in [1.165, 1.54) is 0 Å². The van der Waals surface area contributed by atoms with Crippen molar-refractivity contribution in [2.45, 2.75) is 0 Å². The highest BCUT2D eigenvalue weighted by molar-refractivity contribution is 7.80. The third kappa shape index (κ3) is 3.78. The zero-order chi connectivity index (χ0) is 15.2. The average Bonchev–Trinajstić information content (AvgIpc) is 2.48. The number of anilines is 1. The lowest BCUT2D eigenvalue weighted by Gasteiger charge is -2.11. The van der Waals surface area contributed by atoms with Gasteiger partial charge in [0.1, 0.15) is 6.07 Å². The van der Waals surface area contributed by atoms with Gasteiger partial charge in [-0.25, -0.2) is 0 Å². The van der Waals surface area contributed by atoms with Crippen LogP contribution in [0.15, 0.2) is 48.5 Å². The molecule has 104 valence electrons. The fourth-order valence-corrected chi connectivity index (χ4v) is 2.08. The lowest BCUT2D eigenvalue weighted by atomic mass is 10.2. The molecular formula is C15H10ClN3OS. The van der Waals surface area contributed by atoms with Gasteiger partial charge in [-0.05, 0) is 36.5 Å². The number of hydrogen-bond donors (Lipinski definition) is 2. The fraction of sp³-hybridized carbons (Fsp3) is 0. The summed E-state index contributed by atoms with van der Waals surface area (Å²) in [4.78, 5) is 12.0. The van der Waals surface area contributed by atoms with Gasteiger partial charge >= 0.3 is 0 Å². The van der Waals surface area contributed by atoms with Crippen LogP contribution in [-0.2, 0) is 0 Å². The van der Waals surface area contributed by atoms with Gasteiger partial charge in [0, 0.05) is 0 Å². The summed E-state index contributed by atoms with van der Waals surface area (Å²) < 4.78 is 0. The number of nitriles is 1. The van der Waals surface area contributed by atoms with Gasteiger partial charge in [0.15, 0.2) is 5.11 Å². The van der Waals surface area contributed by atoms with Crippen molar-refractivity contribution >= 4 is 40.5 Å². The molecule has 2 rings (SSSR count). The van der Waals surface area contributed by atoms with Crippen LogP contribution in [0.25, 0.3) is 0 Å². The van der Waals surface area contributed by atoms with E-state index in [1.807, 2.05) is 6.07 Å². The molecule has 0 heterocycles. The van der Waals surface area contributed by atoms with Gasteiger partial charge < -0.3 is 5.32 Å². The molecule has 21 heavy (non-hydrogen) atoms. The molecule has 1 amide bonds. The molecule has 0 spiro atoms. The van der Waals surface area contributed by atoms with E-state index in [9.17, 15) is 4.79 Å². The molecule has 0 aliphatic heterocycles. The van der Waals surface area contributed by atoms with Crippen molar-refractivity contribution in [3.05, 3.63) is 64.7 Å². The summed E-state index contributed by atoms with van der Waals surface area (Å²) in [7, 11) is 0. The van der Waals surface area contributed by atoms with E-state index in [4.69, 9.17) is 29.1 Å². The van der Waals surface area contributed by atoms with E-state index in [-0.39, 0.29) is 5.11 Å². The maximum Gasteiger partial charge on any atom is 0.258 e. The topological polar surface area (TPSA) is 64.9 Å². The quantitative estimate of drug-likeness (QED) is 0.834. The third-order valence-corrected chi connectivity index (χ3v) is 3.17. The summed E-state index contributed by atoms with van der Waals surface area (Å²) in [6, 6.07) is 15.6. The number of nitrogens with one attached hydrogen (secondary N) is 2. The van der Waals surface area contributed by atoms with Gasteiger partial charge in [0.05, 0.1) is 21.8 Å². The lowest BCUT2D eigenvalue weighted by Crippen LogP contribution is -2.34. The molecule has 0 saturated heterocycles. The van der Waals surface area contributed by atoms with Crippen LogP contribution in [0.4, 0.5) is 5.69 Å². The Bertz CT molecular complexity index is 740. The number of halogens is 1. The Balaban J connectivity index is 2.08. The SMILES string of the molecule is N#Cc1ccccc1NC(=S)NC(=O)c1ccccc1Cl. The molecular weight excluding hydrogens is 306 g/mol. The molecule has 0 aliphatic carbocycles. The normalized spacial score (nSPS) is 9.52. The first kappa shape index (κ1) is 15.0. The monoisotopic (exact) mass is 315 g/mol. The van der Waals surface area contributed by atoms with Gasteiger partial charge in [-0.3, -0.25) is 10.1 Å². The van der Waals surface area contributed by atoms with E-state index < -0.39 is 5.91 Å². The maximum absolute atomic E-state index is 12.0. The number of hydrogen-bond acceptors (Lipinski definition) is 3. The first-order valence-corrected chi connectivity index (χ1v) is 6.76. The molecule has 0 fully saturated rings. The van der Waals surface area contributed by atoms with E-state index in [0.717, 1.165) is 0 Å². The van der Waals surface area contributed by atoms with E-state index in [1.54, 1.807) is 48.5 Å². The minimum absolute atomic E-state index is 0.0996. The number of rotatable bonds is 2. The van der Waals surface area contributed by atoms with E-state index >= 15 is 0 Å². The number of nitrogens with zero attached hydrogens (tertiary/aromatic N) is 1. The lowest BCUT2D eigenvalue weighted by molar-refractivity contribution is 0.0978. The highest BCUT2D eigenvalue weighted by atomic mass is 35.5.